The largest absolute Gasteiger partial charge is 0.478 e. The standard InChI is InChI=1S/C7H8O4/c1-6(8)11-5-3-2-4-7(9)10/h3-4H,5H2,1H3,(H,9,10). The van der Waals surface area contributed by atoms with E-state index in [-0.39, 0.29) is 6.61 Å². The first-order valence-electron chi connectivity index (χ1n) is 2.90. The Balaban J connectivity index is 3.60. The Bertz CT molecular complexity index is 210. The zero-order valence-corrected chi connectivity index (χ0v) is 6.03. The number of carbonyl (C=O) groups excluding carboxylic acids is 1. The maximum Gasteiger partial charge on any atom is 0.336 e. The fraction of sp³-hybridized carbons (Fsp3) is 0.286. The molecule has 4 nitrogen and oxygen atoms in total. The van der Waals surface area contributed by atoms with E-state index in [1.807, 2.05) is 0 Å². The summed E-state index contributed by atoms with van der Waals surface area (Å²) in [6, 6.07) is 0. The van der Waals surface area contributed by atoms with E-state index in [9.17, 15) is 9.59 Å². The summed E-state index contributed by atoms with van der Waals surface area (Å²) in [6.07, 6.45) is 2.15. The zero-order valence-electron chi connectivity index (χ0n) is 6.03. The van der Waals surface area contributed by atoms with Gasteiger partial charge in [-0.15, -0.1) is 5.73 Å². The van der Waals surface area contributed by atoms with Crippen LogP contribution in [0.1, 0.15) is 6.92 Å². The molecule has 0 saturated carbocycles. The van der Waals surface area contributed by atoms with Crippen LogP contribution in [-0.4, -0.2) is 23.7 Å². The van der Waals surface area contributed by atoms with Crippen LogP contribution in [0.2, 0.25) is 0 Å². The Hall–Kier alpha value is -1.54. The van der Waals surface area contributed by atoms with Gasteiger partial charge in [0.15, 0.2) is 0 Å². The van der Waals surface area contributed by atoms with Crippen molar-refractivity contribution in [1.29, 1.82) is 0 Å². The van der Waals surface area contributed by atoms with Crippen LogP contribution in [0.5, 0.6) is 0 Å². The summed E-state index contributed by atoms with van der Waals surface area (Å²) in [7, 11) is 0. The highest BCUT2D eigenvalue weighted by atomic mass is 16.5. The van der Waals surface area contributed by atoms with Crippen molar-refractivity contribution in [1.82, 2.24) is 0 Å². The van der Waals surface area contributed by atoms with E-state index in [0.717, 1.165) is 6.08 Å². The third-order valence-corrected chi connectivity index (χ3v) is 0.695. The van der Waals surface area contributed by atoms with Crippen molar-refractivity contribution in [2.24, 2.45) is 0 Å². The van der Waals surface area contributed by atoms with Gasteiger partial charge in [-0.1, -0.05) is 0 Å². The predicted molar refractivity (Wildman–Crippen MR) is 36.9 cm³/mol. The minimum absolute atomic E-state index is 0.0547. The van der Waals surface area contributed by atoms with Gasteiger partial charge in [0.2, 0.25) is 0 Å². The first kappa shape index (κ1) is 9.46. The number of carboxylic acids is 1. The molecule has 0 aliphatic carbocycles. The quantitative estimate of drug-likeness (QED) is 0.363. The Morgan fingerprint density at radius 1 is 1.64 bits per heavy atom. The van der Waals surface area contributed by atoms with Crippen molar-refractivity contribution in [3.05, 3.63) is 17.9 Å². The van der Waals surface area contributed by atoms with Crippen molar-refractivity contribution >= 4 is 11.9 Å². The van der Waals surface area contributed by atoms with Crippen LogP contribution < -0.4 is 0 Å². The summed E-state index contributed by atoms with van der Waals surface area (Å²) in [4.78, 5) is 20.0. The summed E-state index contributed by atoms with van der Waals surface area (Å²) in [5.41, 5.74) is 2.31. The highest BCUT2D eigenvalue weighted by Crippen LogP contribution is 1.76. The van der Waals surface area contributed by atoms with E-state index in [1.54, 1.807) is 0 Å². The summed E-state index contributed by atoms with van der Waals surface area (Å²) in [5.74, 6) is -1.48. The Kier molecular flexibility index (Phi) is 4.52. The maximum atomic E-state index is 10.1. The lowest BCUT2D eigenvalue weighted by Crippen LogP contribution is -1.96. The van der Waals surface area contributed by atoms with Crippen LogP contribution in [0.15, 0.2) is 17.9 Å². The summed E-state index contributed by atoms with van der Waals surface area (Å²) in [6.45, 7) is 1.33. The fourth-order valence-electron chi connectivity index (χ4n) is 0.337. The van der Waals surface area contributed by atoms with Gasteiger partial charge in [-0.2, -0.15) is 0 Å². The van der Waals surface area contributed by atoms with E-state index in [0.29, 0.717) is 0 Å². The normalized spacial score (nSPS) is 7.73. The number of carboxylic acid groups (broad SMARTS) is 1. The molecular formula is C7H8O4. The van der Waals surface area contributed by atoms with Crippen LogP contribution in [0, 0.1) is 0 Å². The lowest BCUT2D eigenvalue weighted by Gasteiger charge is -1.91. The molecule has 4 heteroatoms. The smallest absolute Gasteiger partial charge is 0.336 e. The number of carbonyl (C=O) groups is 2. The zero-order chi connectivity index (χ0) is 8.69. The van der Waals surface area contributed by atoms with Gasteiger partial charge in [-0.3, -0.25) is 4.79 Å². The molecule has 0 bridgehead atoms. The molecule has 0 radical (unpaired) electrons. The van der Waals surface area contributed by atoms with Crippen LogP contribution in [0.4, 0.5) is 0 Å². The highest BCUT2D eigenvalue weighted by molar-refractivity contribution is 5.79. The molecule has 0 heterocycles. The molecule has 0 aliphatic heterocycles. The van der Waals surface area contributed by atoms with E-state index in [1.165, 1.54) is 13.0 Å². The molecule has 0 aliphatic rings. The van der Waals surface area contributed by atoms with E-state index >= 15 is 0 Å². The van der Waals surface area contributed by atoms with Gasteiger partial charge in [0, 0.05) is 6.92 Å². The topological polar surface area (TPSA) is 63.6 Å². The molecule has 0 fully saturated rings. The average molecular weight is 156 g/mol. The first-order valence-corrected chi connectivity index (χ1v) is 2.90. The number of hydrogen-bond donors (Lipinski definition) is 1. The molecule has 11 heavy (non-hydrogen) atoms. The van der Waals surface area contributed by atoms with Crippen molar-refractivity contribution < 1.29 is 19.4 Å². The van der Waals surface area contributed by atoms with Crippen molar-refractivity contribution in [3.63, 3.8) is 0 Å². The number of rotatable bonds is 3. The van der Waals surface area contributed by atoms with Gasteiger partial charge < -0.3 is 9.84 Å². The number of esters is 1. The van der Waals surface area contributed by atoms with Gasteiger partial charge in [0.25, 0.3) is 0 Å². The molecule has 1 N–H and O–H groups in total. The highest BCUT2D eigenvalue weighted by Gasteiger charge is 1.85. The molecule has 0 spiro atoms. The molecule has 0 aromatic carbocycles. The molecule has 0 aromatic heterocycles. The number of aliphatic carboxylic acids is 1. The second kappa shape index (κ2) is 5.26. The molecule has 0 atom stereocenters. The summed E-state index contributed by atoms with van der Waals surface area (Å²) < 4.78 is 4.45. The second-order valence-electron chi connectivity index (χ2n) is 1.66. The fourth-order valence-corrected chi connectivity index (χ4v) is 0.337. The first-order chi connectivity index (χ1) is 5.13. The van der Waals surface area contributed by atoms with Gasteiger partial charge in [-0.05, 0) is 6.08 Å². The third kappa shape index (κ3) is 8.46. The molecule has 60 valence electrons. The van der Waals surface area contributed by atoms with Crippen LogP contribution in [-0.2, 0) is 14.3 Å². The van der Waals surface area contributed by atoms with E-state index < -0.39 is 11.9 Å². The summed E-state index contributed by atoms with van der Waals surface area (Å²) >= 11 is 0. The van der Waals surface area contributed by atoms with Gasteiger partial charge >= 0.3 is 11.9 Å². The molecule has 0 amide bonds. The van der Waals surface area contributed by atoms with Crippen LogP contribution in [0.25, 0.3) is 0 Å². The minimum atomic E-state index is -1.08. The van der Waals surface area contributed by atoms with E-state index in [4.69, 9.17) is 5.11 Å². The molecular weight excluding hydrogens is 148 g/mol. The second-order valence-corrected chi connectivity index (χ2v) is 1.66. The number of ether oxygens (including phenoxy) is 1. The van der Waals surface area contributed by atoms with Crippen LogP contribution >= 0.6 is 0 Å². The monoisotopic (exact) mass is 156 g/mol. The molecule has 0 aromatic rings. The van der Waals surface area contributed by atoms with Crippen molar-refractivity contribution in [2.45, 2.75) is 6.92 Å². The predicted octanol–water partition coefficient (Wildman–Crippen LogP) is 0.345. The minimum Gasteiger partial charge on any atom is -0.478 e. The summed E-state index contributed by atoms with van der Waals surface area (Å²) in [5, 5.41) is 8.08. The van der Waals surface area contributed by atoms with Gasteiger partial charge in [0.05, 0.1) is 6.08 Å². The van der Waals surface area contributed by atoms with Gasteiger partial charge in [-0.25, -0.2) is 4.79 Å². The molecule has 0 unspecified atom stereocenters. The molecule has 0 saturated heterocycles. The van der Waals surface area contributed by atoms with Crippen molar-refractivity contribution in [3.8, 4) is 0 Å². The average Bonchev–Trinajstić information content (AvgIpc) is 1.85. The lowest BCUT2D eigenvalue weighted by molar-refractivity contribution is -0.139. The lowest BCUT2D eigenvalue weighted by atomic mass is 10.5. The number of hydrogen-bond acceptors (Lipinski definition) is 3. The van der Waals surface area contributed by atoms with E-state index in [2.05, 4.69) is 10.5 Å². The van der Waals surface area contributed by atoms with Crippen molar-refractivity contribution in [2.75, 3.05) is 6.61 Å². The Labute approximate surface area is 63.8 Å². The molecule has 0 rings (SSSR count). The SMILES string of the molecule is CC(=O)OCC=C=CC(=O)O. The Morgan fingerprint density at radius 2 is 2.27 bits per heavy atom. The maximum absolute atomic E-state index is 10.1. The van der Waals surface area contributed by atoms with Crippen LogP contribution in [0.3, 0.4) is 0 Å². The van der Waals surface area contributed by atoms with Gasteiger partial charge in [0.1, 0.15) is 6.61 Å². The Morgan fingerprint density at radius 3 is 2.73 bits per heavy atom. The third-order valence-electron chi connectivity index (χ3n) is 0.695.